The molecule has 0 bridgehead atoms. The van der Waals surface area contributed by atoms with Gasteiger partial charge in [0.2, 0.25) is 0 Å². The first-order valence-electron chi connectivity index (χ1n) is 6.15. The lowest BCUT2D eigenvalue weighted by Crippen LogP contribution is -2.24. The molecule has 17 heavy (non-hydrogen) atoms. The lowest BCUT2D eigenvalue weighted by molar-refractivity contribution is 0.423. The average molecular weight is 260 g/mol. The Balaban J connectivity index is 3.47. The Morgan fingerprint density at radius 2 is 1.88 bits per heavy atom. The summed E-state index contributed by atoms with van der Waals surface area (Å²) in [5.41, 5.74) is -0.244. The highest BCUT2D eigenvalue weighted by Crippen LogP contribution is 2.21. The number of nitrogens with zero attached hydrogens (tertiary/aromatic N) is 1. The van der Waals surface area contributed by atoms with E-state index in [9.17, 15) is 8.42 Å². The molecule has 0 heterocycles. The maximum atomic E-state index is 11.2. The molecule has 0 saturated heterocycles. The molecule has 5 heteroatoms. The fourth-order valence-electron chi connectivity index (χ4n) is 1.37. The SMILES string of the molecule is CCS(=O)(=O)CCNCCCCC(C)(C)C#N. The van der Waals surface area contributed by atoms with E-state index in [1.54, 1.807) is 6.92 Å². The van der Waals surface area contributed by atoms with E-state index in [1.165, 1.54) is 0 Å². The standard InChI is InChI=1S/C12H24N2O2S/c1-4-17(15,16)10-9-14-8-6-5-7-12(2,3)11-13/h14H,4-10H2,1-3H3. The highest BCUT2D eigenvalue weighted by atomic mass is 32.2. The molecular weight excluding hydrogens is 236 g/mol. The van der Waals surface area contributed by atoms with Crippen LogP contribution in [-0.2, 0) is 9.84 Å². The number of hydrogen-bond acceptors (Lipinski definition) is 4. The van der Waals surface area contributed by atoms with Crippen LogP contribution in [-0.4, -0.2) is 33.0 Å². The van der Waals surface area contributed by atoms with Crippen molar-refractivity contribution in [1.82, 2.24) is 5.32 Å². The fourth-order valence-corrected chi connectivity index (χ4v) is 2.11. The zero-order valence-electron chi connectivity index (χ0n) is 11.1. The van der Waals surface area contributed by atoms with E-state index in [-0.39, 0.29) is 16.9 Å². The molecule has 0 aliphatic heterocycles. The monoisotopic (exact) mass is 260 g/mol. The van der Waals surface area contributed by atoms with Gasteiger partial charge in [0.1, 0.15) is 0 Å². The second-order valence-corrected chi connectivity index (χ2v) is 7.41. The van der Waals surface area contributed by atoms with E-state index in [1.807, 2.05) is 13.8 Å². The van der Waals surface area contributed by atoms with Gasteiger partial charge >= 0.3 is 0 Å². The number of nitrogens with one attached hydrogen (secondary N) is 1. The van der Waals surface area contributed by atoms with Crippen LogP contribution in [0.15, 0.2) is 0 Å². The maximum absolute atomic E-state index is 11.2. The van der Waals surface area contributed by atoms with Gasteiger partial charge < -0.3 is 5.32 Å². The Morgan fingerprint density at radius 3 is 2.41 bits per heavy atom. The van der Waals surface area contributed by atoms with Gasteiger partial charge in [-0.1, -0.05) is 13.3 Å². The Morgan fingerprint density at radius 1 is 1.24 bits per heavy atom. The summed E-state index contributed by atoms with van der Waals surface area (Å²) >= 11 is 0. The van der Waals surface area contributed by atoms with E-state index >= 15 is 0 Å². The minimum Gasteiger partial charge on any atom is -0.316 e. The Hall–Kier alpha value is -0.600. The van der Waals surface area contributed by atoms with Crippen molar-refractivity contribution in [3.8, 4) is 6.07 Å². The van der Waals surface area contributed by atoms with Crippen LogP contribution in [0.5, 0.6) is 0 Å². The van der Waals surface area contributed by atoms with Crippen LogP contribution in [0.4, 0.5) is 0 Å². The van der Waals surface area contributed by atoms with Gasteiger partial charge in [-0.05, 0) is 33.2 Å². The predicted octanol–water partition coefficient (Wildman–Crippen LogP) is 1.73. The molecule has 4 nitrogen and oxygen atoms in total. The number of unbranched alkanes of at least 4 members (excludes halogenated alkanes) is 1. The third-order valence-electron chi connectivity index (χ3n) is 2.74. The quantitative estimate of drug-likeness (QED) is 0.641. The molecule has 0 atom stereocenters. The van der Waals surface area contributed by atoms with E-state index in [2.05, 4.69) is 11.4 Å². The van der Waals surface area contributed by atoms with E-state index in [0.717, 1.165) is 25.8 Å². The van der Waals surface area contributed by atoms with Crippen molar-refractivity contribution < 1.29 is 8.42 Å². The van der Waals surface area contributed by atoms with Gasteiger partial charge in [-0.2, -0.15) is 5.26 Å². The number of rotatable bonds is 9. The molecule has 0 spiro atoms. The summed E-state index contributed by atoms with van der Waals surface area (Å²) < 4.78 is 22.4. The van der Waals surface area contributed by atoms with Crippen molar-refractivity contribution in [3.05, 3.63) is 0 Å². The van der Waals surface area contributed by atoms with E-state index in [4.69, 9.17) is 5.26 Å². The van der Waals surface area contributed by atoms with Gasteiger partial charge in [-0.25, -0.2) is 8.42 Å². The molecule has 0 aromatic rings. The molecule has 0 rings (SSSR count). The van der Waals surface area contributed by atoms with Crippen LogP contribution < -0.4 is 5.32 Å². The molecule has 0 aromatic carbocycles. The van der Waals surface area contributed by atoms with Gasteiger partial charge in [-0.3, -0.25) is 0 Å². The number of nitriles is 1. The van der Waals surface area contributed by atoms with Crippen molar-refractivity contribution in [2.24, 2.45) is 5.41 Å². The molecule has 0 amide bonds. The van der Waals surface area contributed by atoms with Crippen LogP contribution in [0.3, 0.4) is 0 Å². The molecule has 1 N–H and O–H groups in total. The first-order valence-corrected chi connectivity index (χ1v) is 7.97. The van der Waals surface area contributed by atoms with Crippen molar-refractivity contribution in [2.75, 3.05) is 24.6 Å². The molecule has 0 unspecified atom stereocenters. The third-order valence-corrected chi connectivity index (χ3v) is 4.44. The van der Waals surface area contributed by atoms with Crippen molar-refractivity contribution in [3.63, 3.8) is 0 Å². The summed E-state index contributed by atoms with van der Waals surface area (Å²) in [7, 11) is -2.84. The van der Waals surface area contributed by atoms with Gasteiger partial charge in [-0.15, -0.1) is 0 Å². The lowest BCUT2D eigenvalue weighted by atomic mass is 9.89. The van der Waals surface area contributed by atoms with Crippen LogP contribution in [0.25, 0.3) is 0 Å². The van der Waals surface area contributed by atoms with Gasteiger partial charge in [0.15, 0.2) is 9.84 Å². The minimum absolute atomic E-state index is 0.213. The summed E-state index contributed by atoms with van der Waals surface area (Å²) in [6.07, 6.45) is 2.86. The summed E-state index contributed by atoms with van der Waals surface area (Å²) in [6, 6.07) is 2.27. The molecule has 0 fully saturated rings. The molecule has 100 valence electrons. The van der Waals surface area contributed by atoms with Gasteiger partial charge in [0.25, 0.3) is 0 Å². The zero-order valence-corrected chi connectivity index (χ0v) is 11.9. The maximum Gasteiger partial charge on any atom is 0.151 e. The first kappa shape index (κ1) is 16.4. The van der Waals surface area contributed by atoms with Crippen molar-refractivity contribution >= 4 is 9.84 Å². The van der Waals surface area contributed by atoms with Crippen LogP contribution in [0.1, 0.15) is 40.0 Å². The molecule has 0 aromatic heterocycles. The first-order chi connectivity index (χ1) is 7.83. The molecular formula is C12H24N2O2S. The summed E-state index contributed by atoms with van der Waals surface area (Å²) in [5.74, 6) is 0.429. The average Bonchev–Trinajstić information content (AvgIpc) is 2.27. The normalized spacial score (nSPS) is 12.4. The molecule has 0 radical (unpaired) electrons. The smallest absolute Gasteiger partial charge is 0.151 e. The predicted molar refractivity (Wildman–Crippen MR) is 70.4 cm³/mol. The van der Waals surface area contributed by atoms with Crippen LogP contribution in [0.2, 0.25) is 0 Å². The van der Waals surface area contributed by atoms with Gasteiger partial charge in [0.05, 0.1) is 17.2 Å². The fraction of sp³-hybridized carbons (Fsp3) is 0.917. The number of sulfone groups is 1. The van der Waals surface area contributed by atoms with E-state index < -0.39 is 9.84 Å². The minimum atomic E-state index is -2.84. The summed E-state index contributed by atoms with van der Waals surface area (Å²) in [5, 5.41) is 11.9. The Labute approximate surface area is 105 Å². The molecule has 0 aliphatic carbocycles. The highest BCUT2D eigenvalue weighted by Gasteiger charge is 2.15. The summed E-state index contributed by atoms with van der Waals surface area (Å²) in [6.45, 7) is 6.89. The largest absolute Gasteiger partial charge is 0.316 e. The second-order valence-electron chi connectivity index (χ2n) is 4.94. The third kappa shape index (κ3) is 9.13. The Kier molecular flexibility index (Phi) is 7.40. The second kappa shape index (κ2) is 7.67. The molecule has 0 aliphatic rings. The zero-order chi connectivity index (χ0) is 13.4. The highest BCUT2D eigenvalue weighted by molar-refractivity contribution is 7.91. The van der Waals surface area contributed by atoms with E-state index in [0.29, 0.717) is 6.54 Å². The summed E-state index contributed by atoms with van der Waals surface area (Å²) in [4.78, 5) is 0. The number of hydrogen-bond donors (Lipinski definition) is 1. The Bertz CT molecular complexity index is 342. The van der Waals surface area contributed by atoms with Crippen molar-refractivity contribution in [2.45, 2.75) is 40.0 Å². The van der Waals surface area contributed by atoms with Crippen molar-refractivity contribution in [1.29, 1.82) is 5.26 Å². The van der Waals surface area contributed by atoms with Gasteiger partial charge in [0, 0.05) is 12.3 Å². The lowest BCUT2D eigenvalue weighted by Gasteiger charge is -2.14. The topological polar surface area (TPSA) is 70.0 Å². The van der Waals surface area contributed by atoms with Crippen LogP contribution >= 0.6 is 0 Å². The van der Waals surface area contributed by atoms with Crippen LogP contribution in [0, 0.1) is 16.7 Å². The molecule has 0 saturated carbocycles.